The summed E-state index contributed by atoms with van der Waals surface area (Å²) in [5.74, 6) is 1.56. The van der Waals surface area contributed by atoms with Gasteiger partial charge in [-0.05, 0) is 55.3 Å². The molecule has 0 aromatic rings. The normalized spacial score (nSPS) is 45.3. The number of hydrogen-bond acceptors (Lipinski definition) is 5. The minimum Gasteiger partial charge on any atom is -0.462 e. The Labute approximate surface area is 205 Å². The van der Waals surface area contributed by atoms with Gasteiger partial charge < -0.3 is 18.7 Å². The molecular weight excluding hydrogens is 430 g/mol. The van der Waals surface area contributed by atoms with Crippen LogP contribution in [0.5, 0.6) is 0 Å². The van der Waals surface area contributed by atoms with Crippen LogP contribution in [-0.2, 0) is 23.8 Å². The monoisotopic (exact) mass is 474 g/mol. The van der Waals surface area contributed by atoms with E-state index in [2.05, 4.69) is 27.0 Å². The Kier molecular flexibility index (Phi) is 6.16. The van der Waals surface area contributed by atoms with E-state index in [0.29, 0.717) is 23.8 Å². The van der Waals surface area contributed by atoms with Crippen LogP contribution in [0.15, 0.2) is 11.6 Å². The summed E-state index contributed by atoms with van der Waals surface area (Å²) in [5.41, 5.74) is 1.76. The maximum Gasteiger partial charge on any atom is 0.303 e. The lowest BCUT2D eigenvalue weighted by Crippen LogP contribution is -2.62. The van der Waals surface area contributed by atoms with E-state index < -0.39 is 0 Å². The van der Waals surface area contributed by atoms with E-state index in [9.17, 15) is 9.59 Å². The average molecular weight is 475 g/mol. The molecule has 0 spiro atoms. The van der Waals surface area contributed by atoms with E-state index in [1.807, 2.05) is 0 Å². The molecule has 1 saturated heterocycles. The predicted molar refractivity (Wildman–Crippen MR) is 129 cm³/mol. The molecule has 0 aromatic carbocycles. The molecule has 6 heteroatoms. The highest BCUT2D eigenvalue weighted by Crippen LogP contribution is 2.66. The highest BCUT2D eigenvalue weighted by molar-refractivity contribution is 5.66. The molecule has 5 aliphatic rings. The van der Waals surface area contributed by atoms with E-state index in [1.165, 1.54) is 18.9 Å². The highest BCUT2D eigenvalue weighted by Gasteiger charge is 2.66. The lowest BCUT2D eigenvalue weighted by Gasteiger charge is -2.57. The molecule has 4 fully saturated rings. The highest BCUT2D eigenvalue weighted by atomic mass is 16.5. The zero-order chi connectivity index (χ0) is 24.3. The van der Waals surface area contributed by atoms with Gasteiger partial charge in [-0.1, -0.05) is 25.5 Å². The first-order chi connectivity index (χ1) is 16.1. The minimum atomic E-state index is -0.162. The number of rotatable bonds is 3. The second kappa shape index (κ2) is 8.62. The largest absolute Gasteiger partial charge is 0.462 e. The molecule has 4 aliphatic carbocycles. The lowest BCUT2D eigenvalue weighted by atomic mass is 9.48. The molecule has 0 amide bonds. The molecule has 1 aliphatic heterocycles. The van der Waals surface area contributed by atoms with Crippen molar-refractivity contribution in [3.05, 3.63) is 11.6 Å². The third-order valence-electron chi connectivity index (χ3n) is 10.9. The maximum absolute atomic E-state index is 12.3. The fraction of sp³-hybridized carbons (Fsp3) is 0.857. The van der Waals surface area contributed by atoms with E-state index in [1.54, 1.807) is 6.92 Å². The average Bonchev–Trinajstić information content (AvgIpc) is 3.07. The van der Waals surface area contributed by atoms with E-state index in [4.69, 9.17) is 14.2 Å². The summed E-state index contributed by atoms with van der Waals surface area (Å²) in [5, 5.41) is 0. The number of ether oxygens (including phenoxy) is 3. The van der Waals surface area contributed by atoms with Crippen molar-refractivity contribution in [1.82, 2.24) is 0 Å². The summed E-state index contributed by atoms with van der Waals surface area (Å²) in [4.78, 5) is 23.8. The summed E-state index contributed by atoms with van der Waals surface area (Å²) < 4.78 is 18.5. The van der Waals surface area contributed by atoms with Gasteiger partial charge in [-0.25, -0.2) is 0 Å². The second-order valence-corrected chi connectivity index (χ2v) is 12.7. The molecule has 8 atom stereocenters. The molecule has 0 aromatic heterocycles. The van der Waals surface area contributed by atoms with Crippen LogP contribution in [0.25, 0.3) is 0 Å². The summed E-state index contributed by atoms with van der Waals surface area (Å²) >= 11 is 0. The fourth-order valence-electron chi connectivity index (χ4n) is 9.00. The number of carbonyl (C=O) groups is 2. The Morgan fingerprint density at radius 1 is 1.03 bits per heavy atom. The summed E-state index contributed by atoms with van der Waals surface area (Å²) in [6, 6.07) is 0.347. The molecule has 5 rings (SSSR count). The Bertz CT molecular complexity index is 863. The maximum atomic E-state index is 12.3. The summed E-state index contributed by atoms with van der Waals surface area (Å²) in [7, 11) is 2.36. The van der Waals surface area contributed by atoms with Crippen molar-refractivity contribution in [2.75, 3.05) is 33.4 Å². The number of fused-ring (bicyclic) bond motifs is 5. The van der Waals surface area contributed by atoms with Crippen LogP contribution in [-0.4, -0.2) is 68.0 Å². The third-order valence-corrected chi connectivity index (χ3v) is 10.9. The quantitative estimate of drug-likeness (QED) is 0.347. The molecule has 34 heavy (non-hydrogen) atoms. The number of quaternary nitrogens is 1. The van der Waals surface area contributed by atoms with Crippen molar-refractivity contribution in [3.63, 3.8) is 0 Å². The number of esters is 2. The molecule has 0 radical (unpaired) electrons. The smallest absolute Gasteiger partial charge is 0.303 e. The van der Waals surface area contributed by atoms with Crippen LogP contribution in [0.2, 0.25) is 0 Å². The van der Waals surface area contributed by atoms with Gasteiger partial charge in [0.2, 0.25) is 0 Å². The molecule has 3 saturated carbocycles. The van der Waals surface area contributed by atoms with Crippen molar-refractivity contribution in [3.8, 4) is 0 Å². The Morgan fingerprint density at radius 2 is 1.74 bits per heavy atom. The number of carbonyl (C=O) groups excluding carboxylic acids is 2. The Hall–Kier alpha value is -1.40. The molecule has 0 unspecified atom stereocenters. The third kappa shape index (κ3) is 3.84. The lowest BCUT2D eigenvalue weighted by molar-refractivity contribution is -0.942. The first-order valence-electron chi connectivity index (χ1n) is 13.5. The van der Waals surface area contributed by atoms with E-state index >= 15 is 0 Å². The standard InChI is InChI=1S/C28H44NO5/c1-18(30)33-21-8-10-27(3)20(16-21)6-7-22-23(27)9-11-28(4)24(22)17-25(26(28)34-19(2)31)29(5)12-14-32-15-13-29/h6,21-26H,7-17H2,1-5H3/q+1/t21-,22+,23-,24-,25-,26-,27-,28-/m0/s1. The van der Waals surface area contributed by atoms with Gasteiger partial charge in [0, 0.05) is 32.1 Å². The van der Waals surface area contributed by atoms with Crippen molar-refractivity contribution in [1.29, 1.82) is 0 Å². The Balaban J connectivity index is 1.44. The molecular formula is C28H44NO5+. The summed E-state index contributed by atoms with van der Waals surface area (Å²) in [6.07, 6.45) is 10.1. The van der Waals surface area contributed by atoms with Gasteiger partial charge in [-0.15, -0.1) is 0 Å². The predicted octanol–water partition coefficient (Wildman–Crippen LogP) is 4.27. The Morgan fingerprint density at radius 3 is 2.41 bits per heavy atom. The van der Waals surface area contributed by atoms with Crippen LogP contribution in [0.1, 0.15) is 72.6 Å². The van der Waals surface area contributed by atoms with Gasteiger partial charge in [0.05, 0.1) is 20.3 Å². The number of morpholine rings is 1. The number of allylic oxidation sites excluding steroid dienone is 1. The van der Waals surface area contributed by atoms with Crippen molar-refractivity contribution < 1.29 is 28.3 Å². The molecule has 0 N–H and O–H groups in total. The minimum absolute atomic E-state index is 0.0167. The number of nitrogens with zero attached hydrogens (tertiary/aromatic N) is 1. The van der Waals surface area contributed by atoms with E-state index in [0.717, 1.165) is 69.3 Å². The van der Waals surface area contributed by atoms with Gasteiger partial charge in [-0.3, -0.25) is 9.59 Å². The van der Waals surface area contributed by atoms with Gasteiger partial charge in [0.15, 0.2) is 6.10 Å². The van der Waals surface area contributed by atoms with Crippen molar-refractivity contribution in [2.24, 2.45) is 28.6 Å². The number of likely N-dealkylation sites (N-methyl/N-ethyl adjacent to an activating group) is 1. The first-order valence-corrected chi connectivity index (χ1v) is 13.5. The zero-order valence-corrected chi connectivity index (χ0v) is 21.8. The van der Waals surface area contributed by atoms with Crippen LogP contribution in [0.4, 0.5) is 0 Å². The van der Waals surface area contributed by atoms with E-state index in [-0.39, 0.29) is 35.0 Å². The van der Waals surface area contributed by atoms with Crippen LogP contribution < -0.4 is 0 Å². The topological polar surface area (TPSA) is 61.8 Å². The molecule has 190 valence electrons. The molecule has 1 heterocycles. The van der Waals surface area contributed by atoms with Gasteiger partial charge >= 0.3 is 11.9 Å². The van der Waals surface area contributed by atoms with Crippen molar-refractivity contribution >= 4 is 11.9 Å². The fourth-order valence-corrected chi connectivity index (χ4v) is 9.00. The van der Waals surface area contributed by atoms with Crippen LogP contribution in [0, 0.1) is 28.6 Å². The van der Waals surface area contributed by atoms with Gasteiger partial charge in [-0.2, -0.15) is 0 Å². The summed E-state index contributed by atoms with van der Waals surface area (Å²) in [6.45, 7) is 11.6. The molecule has 6 nitrogen and oxygen atoms in total. The number of hydrogen-bond donors (Lipinski definition) is 0. The first kappa shape index (κ1) is 24.3. The van der Waals surface area contributed by atoms with Crippen LogP contribution >= 0.6 is 0 Å². The van der Waals surface area contributed by atoms with Crippen molar-refractivity contribution in [2.45, 2.75) is 90.9 Å². The molecule has 0 bridgehead atoms. The van der Waals surface area contributed by atoms with Gasteiger partial charge in [0.25, 0.3) is 0 Å². The van der Waals surface area contributed by atoms with Crippen LogP contribution in [0.3, 0.4) is 0 Å². The van der Waals surface area contributed by atoms with Gasteiger partial charge in [0.1, 0.15) is 25.2 Å². The SMILES string of the molecule is CC(=O)O[C@H]1CC[C@@]2(C)C(=CC[C@H]3[C@@H]4C[C@H]([N+]5(C)CCOCC5)[C@H](OC(C)=O)[C@@]4(C)CC[C@@H]32)C1. The second-order valence-electron chi connectivity index (χ2n) is 12.7. The zero-order valence-electron chi connectivity index (χ0n) is 21.8.